The second-order valence-electron chi connectivity index (χ2n) is 5.50. The normalized spacial score (nSPS) is 11.3. The molecule has 0 aromatic heterocycles. The number of aliphatic carboxylic acids is 1. The van der Waals surface area contributed by atoms with Crippen LogP contribution in [0.2, 0.25) is 0 Å². The molecule has 1 rings (SSSR count). The zero-order chi connectivity index (χ0) is 13.8. The van der Waals surface area contributed by atoms with Crippen LogP contribution in [0.25, 0.3) is 0 Å². The summed E-state index contributed by atoms with van der Waals surface area (Å²) in [5, 5.41) is 8.84. The van der Waals surface area contributed by atoms with Gasteiger partial charge in [-0.05, 0) is 29.0 Å². The largest absolute Gasteiger partial charge is 0.493 e. The first-order chi connectivity index (χ1) is 8.34. The molecule has 0 aliphatic carbocycles. The summed E-state index contributed by atoms with van der Waals surface area (Å²) in [5.41, 5.74) is 1.82. The van der Waals surface area contributed by atoms with E-state index in [0.717, 1.165) is 23.3 Å². The molecule has 0 unspecified atom stereocenters. The summed E-state index contributed by atoms with van der Waals surface area (Å²) in [6, 6.07) is 5.65. The van der Waals surface area contributed by atoms with E-state index in [1.165, 1.54) is 0 Å². The van der Waals surface area contributed by atoms with Crippen molar-refractivity contribution in [3.8, 4) is 5.75 Å². The van der Waals surface area contributed by atoms with E-state index in [4.69, 9.17) is 9.84 Å². The molecule has 1 aromatic carbocycles. The molecule has 0 atom stereocenters. The fraction of sp³-hybridized carbons (Fsp3) is 0.533. The zero-order valence-electron chi connectivity index (χ0n) is 11.6. The van der Waals surface area contributed by atoms with Crippen molar-refractivity contribution in [2.24, 2.45) is 0 Å². The molecule has 0 aliphatic rings. The lowest BCUT2D eigenvalue weighted by Gasteiger charge is -2.23. The predicted molar refractivity (Wildman–Crippen MR) is 72.3 cm³/mol. The second kappa shape index (κ2) is 5.89. The quantitative estimate of drug-likeness (QED) is 0.871. The van der Waals surface area contributed by atoms with Gasteiger partial charge in [0.1, 0.15) is 5.75 Å². The molecule has 0 aliphatic heterocycles. The number of carbonyl (C=O) groups is 1. The number of carboxylic acid groups (broad SMARTS) is 1. The minimum atomic E-state index is -0.808. The maximum atomic E-state index is 10.8. The van der Waals surface area contributed by atoms with Gasteiger partial charge in [0.15, 0.2) is 0 Å². The van der Waals surface area contributed by atoms with Crippen LogP contribution in [0.15, 0.2) is 18.2 Å². The highest BCUT2D eigenvalue weighted by Crippen LogP contribution is 2.32. The number of rotatable bonds is 5. The van der Waals surface area contributed by atoms with E-state index in [0.29, 0.717) is 6.61 Å². The van der Waals surface area contributed by atoms with E-state index in [2.05, 4.69) is 27.7 Å². The first kappa shape index (κ1) is 14.6. The Morgan fingerprint density at radius 2 is 2.00 bits per heavy atom. The number of benzene rings is 1. The van der Waals surface area contributed by atoms with Gasteiger partial charge >= 0.3 is 5.97 Å². The summed E-state index contributed by atoms with van der Waals surface area (Å²) in [4.78, 5) is 10.8. The van der Waals surface area contributed by atoms with Crippen molar-refractivity contribution in [1.82, 2.24) is 0 Å². The second-order valence-corrected chi connectivity index (χ2v) is 5.50. The van der Waals surface area contributed by atoms with Crippen LogP contribution in [0, 0.1) is 0 Å². The third-order valence-electron chi connectivity index (χ3n) is 2.67. The molecule has 0 radical (unpaired) electrons. The summed E-state index contributed by atoms with van der Waals surface area (Å²) >= 11 is 0. The number of hydrogen-bond donors (Lipinski definition) is 1. The monoisotopic (exact) mass is 250 g/mol. The van der Waals surface area contributed by atoms with Gasteiger partial charge in [-0.2, -0.15) is 0 Å². The predicted octanol–water partition coefficient (Wildman–Crippen LogP) is 3.40. The smallest absolute Gasteiger partial charge is 0.307 e. The molecule has 0 saturated heterocycles. The van der Waals surface area contributed by atoms with Gasteiger partial charge in [0.2, 0.25) is 0 Å². The highest BCUT2D eigenvalue weighted by molar-refractivity contribution is 5.70. The van der Waals surface area contributed by atoms with E-state index in [9.17, 15) is 4.79 Å². The van der Waals surface area contributed by atoms with E-state index in [1.54, 1.807) is 0 Å². The van der Waals surface area contributed by atoms with Crippen molar-refractivity contribution < 1.29 is 14.6 Å². The molecule has 0 amide bonds. The Balaban J connectivity index is 3.08. The highest BCUT2D eigenvalue weighted by atomic mass is 16.5. The van der Waals surface area contributed by atoms with Crippen molar-refractivity contribution in [3.63, 3.8) is 0 Å². The summed E-state index contributed by atoms with van der Waals surface area (Å²) < 4.78 is 5.73. The van der Waals surface area contributed by atoms with Gasteiger partial charge in [-0.3, -0.25) is 4.79 Å². The minimum Gasteiger partial charge on any atom is -0.493 e. The average molecular weight is 250 g/mol. The average Bonchev–Trinajstić information content (AvgIpc) is 2.25. The Bertz CT molecular complexity index is 416. The van der Waals surface area contributed by atoms with Crippen LogP contribution in [0.5, 0.6) is 5.75 Å². The minimum absolute atomic E-state index is 0.0527. The molecule has 0 heterocycles. The fourth-order valence-corrected chi connectivity index (χ4v) is 1.79. The van der Waals surface area contributed by atoms with Crippen molar-refractivity contribution in [3.05, 3.63) is 29.3 Å². The lowest BCUT2D eigenvalue weighted by atomic mass is 9.85. The lowest BCUT2D eigenvalue weighted by molar-refractivity contribution is -0.136. The van der Waals surface area contributed by atoms with Gasteiger partial charge in [0, 0.05) is 0 Å². The van der Waals surface area contributed by atoms with Gasteiger partial charge in [-0.1, -0.05) is 39.8 Å². The molecule has 1 N–H and O–H groups in total. The topological polar surface area (TPSA) is 46.5 Å². The molecular formula is C15H22O3. The van der Waals surface area contributed by atoms with Gasteiger partial charge in [0.25, 0.3) is 0 Å². The number of carboxylic acids is 1. The van der Waals surface area contributed by atoms with Crippen LogP contribution >= 0.6 is 0 Å². The SMILES string of the molecule is CCCOc1ccc(CC(=O)O)cc1C(C)(C)C. The Morgan fingerprint density at radius 1 is 1.33 bits per heavy atom. The van der Waals surface area contributed by atoms with Crippen LogP contribution in [-0.2, 0) is 16.6 Å². The van der Waals surface area contributed by atoms with Crippen molar-refractivity contribution in [2.45, 2.75) is 46.0 Å². The summed E-state index contributed by atoms with van der Waals surface area (Å²) in [6.45, 7) is 9.06. The Hall–Kier alpha value is -1.51. The standard InChI is InChI=1S/C15H22O3/c1-5-8-18-13-7-6-11(10-14(16)17)9-12(13)15(2,3)4/h6-7,9H,5,8,10H2,1-4H3,(H,16,17). The van der Waals surface area contributed by atoms with Crippen LogP contribution < -0.4 is 4.74 Å². The van der Waals surface area contributed by atoms with Gasteiger partial charge in [0.05, 0.1) is 13.0 Å². The fourth-order valence-electron chi connectivity index (χ4n) is 1.79. The molecule has 0 saturated carbocycles. The van der Waals surface area contributed by atoms with Crippen molar-refractivity contribution in [2.75, 3.05) is 6.61 Å². The summed E-state index contributed by atoms with van der Waals surface area (Å²) in [6.07, 6.45) is 1.01. The molecule has 0 spiro atoms. The third-order valence-corrected chi connectivity index (χ3v) is 2.67. The van der Waals surface area contributed by atoms with Crippen LogP contribution in [0.1, 0.15) is 45.2 Å². The maximum Gasteiger partial charge on any atom is 0.307 e. The Kier molecular flexibility index (Phi) is 4.76. The first-order valence-electron chi connectivity index (χ1n) is 6.32. The van der Waals surface area contributed by atoms with E-state index >= 15 is 0 Å². The first-order valence-corrected chi connectivity index (χ1v) is 6.32. The summed E-state index contributed by atoms with van der Waals surface area (Å²) in [7, 11) is 0. The van der Waals surface area contributed by atoms with E-state index < -0.39 is 5.97 Å². The zero-order valence-corrected chi connectivity index (χ0v) is 11.6. The molecule has 1 aromatic rings. The van der Waals surface area contributed by atoms with Gasteiger partial charge < -0.3 is 9.84 Å². The Morgan fingerprint density at radius 3 is 2.50 bits per heavy atom. The van der Waals surface area contributed by atoms with Crippen molar-refractivity contribution in [1.29, 1.82) is 0 Å². The van der Waals surface area contributed by atoms with Crippen molar-refractivity contribution >= 4 is 5.97 Å². The molecule has 0 bridgehead atoms. The number of hydrogen-bond acceptors (Lipinski definition) is 2. The summed E-state index contributed by atoms with van der Waals surface area (Å²) in [5.74, 6) is 0.0515. The molecule has 3 nitrogen and oxygen atoms in total. The van der Waals surface area contributed by atoms with E-state index in [-0.39, 0.29) is 11.8 Å². The Labute approximate surface area is 109 Å². The maximum absolute atomic E-state index is 10.8. The van der Waals surface area contributed by atoms with Gasteiger partial charge in [-0.25, -0.2) is 0 Å². The third kappa shape index (κ3) is 4.06. The molecule has 18 heavy (non-hydrogen) atoms. The van der Waals surface area contributed by atoms with Gasteiger partial charge in [-0.15, -0.1) is 0 Å². The molecule has 3 heteroatoms. The van der Waals surface area contributed by atoms with Crippen LogP contribution in [0.4, 0.5) is 0 Å². The van der Waals surface area contributed by atoms with Crippen LogP contribution in [0.3, 0.4) is 0 Å². The molecule has 100 valence electrons. The van der Waals surface area contributed by atoms with Crippen LogP contribution in [-0.4, -0.2) is 17.7 Å². The molecule has 0 fully saturated rings. The van der Waals surface area contributed by atoms with E-state index in [1.807, 2.05) is 18.2 Å². The lowest BCUT2D eigenvalue weighted by Crippen LogP contribution is -2.15. The number of ether oxygens (including phenoxy) is 1. The highest BCUT2D eigenvalue weighted by Gasteiger charge is 2.20. The molecular weight excluding hydrogens is 228 g/mol.